The Labute approximate surface area is 238 Å². The molecular formula is C30H43N7O3. The van der Waals surface area contributed by atoms with Crippen LogP contribution < -0.4 is 15.5 Å². The van der Waals surface area contributed by atoms with Crippen LogP contribution in [0.2, 0.25) is 0 Å². The normalized spacial score (nSPS) is 14.5. The van der Waals surface area contributed by atoms with E-state index in [0.29, 0.717) is 46.9 Å². The molecule has 1 aromatic rings. The van der Waals surface area contributed by atoms with Gasteiger partial charge in [0.25, 0.3) is 11.8 Å². The van der Waals surface area contributed by atoms with Crippen LogP contribution in [-0.2, 0) is 14.3 Å². The largest absolute Gasteiger partial charge is 0.378 e. The third-order valence-corrected chi connectivity index (χ3v) is 6.31. The second-order valence-electron chi connectivity index (χ2n) is 10.1. The number of aliphatic imine (C=N–C) groups is 1. The van der Waals surface area contributed by atoms with Gasteiger partial charge < -0.3 is 20.3 Å². The van der Waals surface area contributed by atoms with Crippen LogP contribution in [0.5, 0.6) is 0 Å². The lowest BCUT2D eigenvalue weighted by molar-refractivity contribution is -0.117. The third-order valence-electron chi connectivity index (χ3n) is 6.31. The Morgan fingerprint density at radius 3 is 2.38 bits per heavy atom. The minimum absolute atomic E-state index is 0.0423. The first-order chi connectivity index (χ1) is 18.9. The molecule has 2 N–H and O–H groups in total. The van der Waals surface area contributed by atoms with Gasteiger partial charge in [-0.2, -0.15) is 5.10 Å². The SMILES string of the molecule is C=NC(=CC(C(=O)NCC(C(=O)NC(=C)C)=C(C)C)=C(C)C=NN(C)C(C)C)c1ccc(N2CCOCC2)nc1. The Hall–Kier alpha value is -4.05. The van der Waals surface area contributed by atoms with Crippen LogP contribution >= 0.6 is 0 Å². The van der Waals surface area contributed by atoms with Gasteiger partial charge in [-0.05, 0) is 72.0 Å². The van der Waals surface area contributed by atoms with E-state index in [1.165, 1.54) is 0 Å². The average molecular weight is 550 g/mol. The number of anilines is 1. The van der Waals surface area contributed by atoms with E-state index in [9.17, 15) is 9.59 Å². The zero-order valence-electron chi connectivity index (χ0n) is 24.9. The van der Waals surface area contributed by atoms with E-state index < -0.39 is 0 Å². The highest BCUT2D eigenvalue weighted by Crippen LogP contribution is 2.22. The van der Waals surface area contributed by atoms with Crippen LogP contribution in [0.15, 0.2) is 69.1 Å². The summed E-state index contributed by atoms with van der Waals surface area (Å²) in [6, 6.07) is 4.02. The Morgan fingerprint density at radius 2 is 1.85 bits per heavy atom. The Kier molecular flexibility index (Phi) is 12.5. The number of hydrogen-bond acceptors (Lipinski definition) is 8. The lowest BCUT2D eigenvalue weighted by Gasteiger charge is -2.27. The summed E-state index contributed by atoms with van der Waals surface area (Å²) in [5, 5.41) is 11.8. The zero-order valence-corrected chi connectivity index (χ0v) is 24.9. The van der Waals surface area contributed by atoms with Gasteiger partial charge in [0.05, 0.1) is 25.1 Å². The lowest BCUT2D eigenvalue weighted by atomic mass is 10.0. The van der Waals surface area contributed by atoms with Crippen molar-refractivity contribution in [3.63, 3.8) is 0 Å². The highest BCUT2D eigenvalue weighted by atomic mass is 16.5. The third kappa shape index (κ3) is 9.60. The molecule has 1 saturated heterocycles. The second kappa shape index (κ2) is 15.5. The van der Waals surface area contributed by atoms with E-state index >= 15 is 0 Å². The van der Waals surface area contributed by atoms with Gasteiger partial charge in [-0.1, -0.05) is 12.2 Å². The summed E-state index contributed by atoms with van der Waals surface area (Å²) >= 11 is 0. The summed E-state index contributed by atoms with van der Waals surface area (Å²) in [6.07, 6.45) is 5.03. The van der Waals surface area contributed by atoms with Crippen LogP contribution in [0.25, 0.3) is 5.70 Å². The second-order valence-corrected chi connectivity index (χ2v) is 10.1. The molecule has 2 amide bonds. The fourth-order valence-electron chi connectivity index (χ4n) is 3.63. The van der Waals surface area contributed by atoms with Gasteiger partial charge in [0.2, 0.25) is 0 Å². The van der Waals surface area contributed by atoms with Crippen molar-refractivity contribution in [1.82, 2.24) is 20.6 Å². The Balaban J connectivity index is 2.42. The number of carbonyl (C=O) groups is 2. The van der Waals surface area contributed by atoms with Gasteiger partial charge in [0.15, 0.2) is 0 Å². The van der Waals surface area contributed by atoms with Gasteiger partial charge in [0, 0.05) is 61.3 Å². The number of nitrogens with one attached hydrogen (secondary N) is 2. The average Bonchev–Trinajstić information content (AvgIpc) is 2.92. The van der Waals surface area contributed by atoms with Crippen LogP contribution in [0.3, 0.4) is 0 Å². The number of morpholine rings is 1. The Bertz CT molecular complexity index is 1200. The maximum absolute atomic E-state index is 13.5. The Morgan fingerprint density at radius 1 is 1.18 bits per heavy atom. The van der Waals surface area contributed by atoms with Gasteiger partial charge >= 0.3 is 0 Å². The summed E-state index contributed by atoms with van der Waals surface area (Å²) in [5.41, 5.74) is 3.93. The van der Waals surface area contributed by atoms with Crippen molar-refractivity contribution in [2.24, 2.45) is 10.1 Å². The lowest BCUT2D eigenvalue weighted by Crippen LogP contribution is -2.36. The van der Waals surface area contributed by atoms with Crippen molar-refractivity contribution in [2.75, 3.05) is 44.8 Å². The molecule has 216 valence electrons. The van der Waals surface area contributed by atoms with Crippen molar-refractivity contribution in [1.29, 1.82) is 0 Å². The predicted molar refractivity (Wildman–Crippen MR) is 163 cm³/mol. The monoisotopic (exact) mass is 549 g/mol. The van der Waals surface area contributed by atoms with E-state index in [1.54, 1.807) is 37.3 Å². The van der Waals surface area contributed by atoms with Crippen LogP contribution in [0, 0.1) is 0 Å². The molecule has 2 rings (SSSR count). The molecule has 10 heteroatoms. The molecule has 10 nitrogen and oxygen atoms in total. The molecule has 40 heavy (non-hydrogen) atoms. The molecule has 0 radical (unpaired) electrons. The molecule has 0 unspecified atom stereocenters. The number of allylic oxidation sites excluding steroid dienone is 3. The summed E-state index contributed by atoms with van der Waals surface area (Å²) < 4.78 is 5.43. The fourth-order valence-corrected chi connectivity index (χ4v) is 3.63. The molecular weight excluding hydrogens is 506 g/mol. The summed E-state index contributed by atoms with van der Waals surface area (Å²) in [5.74, 6) is 0.175. The molecule has 0 aliphatic carbocycles. The minimum Gasteiger partial charge on any atom is -0.378 e. The number of aromatic nitrogens is 1. The van der Waals surface area contributed by atoms with E-state index in [1.807, 2.05) is 46.9 Å². The number of amides is 2. The molecule has 0 saturated carbocycles. The smallest absolute Gasteiger partial charge is 0.253 e. The van der Waals surface area contributed by atoms with Crippen LogP contribution in [0.4, 0.5) is 5.82 Å². The first-order valence-corrected chi connectivity index (χ1v) is 13.3. The number of hydrazone groups is 1. The minimum atomic E-state index is -0.378. The topological polar surface area (TPSA) is 112 Å². The van der Waals surface area contributed by atoms with Crippen LogP contribution in [-0.4, -0.2) is 80.7 Å². The number of rotatable bonds is 12. The molecule has 0 atom stereocenters. The van der Waals surface area contributed by atoms with Crippen molar-refractivity contribution in [3.05, 3.63) is 64.5 Å². The predicted octanol–water partition coefficient (Wildman–Crippen LogP) is 3.70. The number of pyridine rings is 1. The highest BCUT2D eigenvalue weighted by molar-refractivity contribution is 6.04. The standard InChI is InChI=1S/C30H43N7O3/c1-20(2)26(30(39)35-21(3)4)19-33-29(38)25(23(7)17-34-36(9)22(5)6)16-27(31-8)24-10-11-28(32-18-24)37-12-14-40-15-13-37/h10-11,16-18,22H,3,8,12-15,19H2,1-2,4-7,9H3,(H,33,38)(H,35,39). The molecule has 1 aromatic heterocycles. The molecule has 1 aliphatic rings. The number of carbonyl (C=O) groups excluding carboxylic acids is 2. The van der Waals surface area contributed by atoms with Gasteiger partial charge in [0.1, 0.15) is 5.82 Å². The first kappa shape index (κ1) is 32.2. The zero-order chi connectivity index (χ0) is 29.8. The molecule has 0 spiro atoms. The molecule has 0 aromatic carbocycles. The molecule has 0 bridgehead atoms. The van der Waals surface area contributed by atoms with E-state index in [-0.39, 0.29) is 24.4 Å². The fraction of sp³-hybridized carbons (Fsp3) is 0.433. The number of nitrogens with zero attached hydrogens (tertiary/aromatic N) is 5. The van der Waals surface area contributed by atoms with Gasteiger partial charge in [-0.3, -0.25) is 19.6 Å². The van der Waals surface area contributed by atoms with Gasteiger partial charge in [-0.25, -0.2) is 4.98 Å². The first-order valence-electron chi connectivity index (χ1n) is 13.3. The number of hydrogen-bond donors (Lipinski definition) is 2. The summed E-state index contributed by atoms with van der Waals surface area (Å²) in [7, 11) is 1.86. The maximum Gasteiger partial charge on any atom is 0.253 e. The number of ether oxygens (including phenoxy) is 1. The van der Waals surface area contributed by atoms with E-state index in [0.717, 1.165) is 24.5 Å². The molecule has 1 aliphatic heterocycles. The quantitative estimate of drug-likeness (QED) is 0.178. The van der Waals surface area contributed by atoms with E-state index in [2.05, 4.69) is 43.9 Å². The van der Waals surface area contributed by atoms with Crippen molar-refractivity contribution >= 4 is 36.3 Å². The van der Waals surface area contributed by atoms with Crippen molar-refractivity contribution in [2.45, 2.75) is 47.6 Å². The van der Waals surface area contributed by atoms with Crippen molar-refractivity contribution < 1.29 is 14.3 Å². The molecule has 2 heterocycles. The van der Waals surface area contributed by atoms with Gasteiger partial charge in [-0.15, -0.1) is 0 Å². The molecule has 1 fully saturated rings. The maximum atomic E-state index is 13.5. The van der Waals surface area contributed by atoms with Crippen LogP contribution in [0.1, 0.15) is 47.1 Å². The van der Waals surface area contributed by atoms with Crippen molar-refractivity contribution in [3.8, 4) is 0 Å². The summed E-state index contributed by atoms with van der Waals surface area (Å²) in [6.45, 7) is 21.6. The summed E-state index contributed by atoms with van der Waals surface area (Å²) in [4.78, 5) is 37.1. The van der Waals surface area contributed by atoms with E-state index in [4.69, 9.17) is 4.74 Å². The highest BCUT2D eigenvalue weighted by Gasteiger charge is 2.17.